The van der Waals surface area contributed by atoms with Crippen LogP contribution in [0.4, 0.5) is 0 Å². The van der Waals surface area contributed by atoms with Crippen LogP contribution < -0.4 is 10.8 Å². The number of carbonyl (C=O) groups excluding carboxylic acids is 2. The maximum absolute atomic E-state index is 12.3. The van der Waals surface area contributed by atoms with E-state index in [0.717, 1.165) is 59.4 Å². The third-order valence-corrected chi connectivity index (χ3v) is 10.6. The van der Waals surface area contributed by atoms with Crippen LogP contribution in [0, 0.1) is 0 Å². The lowest BCUT2D eigenvalue weighted by molar-refractivity contribution is -0.253. The second-order valence-corrected chi connectivity index (χ2v) is 15.2. The molecule has 3 atom stereocenters. The Morgan fingerprint density at radius 2 is 1.31 bits per heavy atom. The SMILES string of the molecule is CCCCCCCCN(CCCCCCCC)CC1CC(c2ccc(CO)cc2)OC(c2ccc(-c3cccc(CNC(=O)CCCC(=O)NO)c3)cc2)O1. The van der Waals surface area contributed by atoms with Crippen molar-refractivity contribution in [2.75, 3.05) is 19.6 Å². The van der Waals surface area contributed by atoms with Crippen LogP contribution in [0.3, 0.4) is 0 Å². The minimum atomic E-state index is -0.509. The number of rotatable bonds is 26. The number of ether oxygens (including phenoxy) is 2. The summed E-state index contributed by atoms with van der Waals surface area (Å²) >= 11 is 0. The third kappa shape index (κ3) is 16.2. The first-order valence-electron chi connectivity index (χ1n) is 21.0. The molecule has 1 aliphatic rings. The van der Waals surface area contributed by atoms with Gasteiger partial charge in [0.2, 0.25) is 11.8 Å². The summed E-state index contributed by atoms with van der Waals surface area (Å²) in [6.45, 7) is 8.03. The van der Waals surface area contributed by atoms with Crippen molar-refractivity contribution in [3.05, 3.63) is 95.1 Å². The van der Waals surface area contributed by atoms with Crippen LogP contribution >= 0.6 is 0 Å². The monoisotopic (exact) mass is 758 g/mol. The van der Waals surface area contributed by atoms with Gasteiger partial charge in [0.25, 0.3) is 0 Å². The van der Waals surface area contributed by atoms with Crippen molar-refractivity contribution in [3.63, 3.8) is 0 Å². The lowest BCUT2D eigenvalue weighted by atomic mass is 9.98. The number of amides is 2. The second-order valence-electron chi connectivity index (χ2n) is 15.2. The van der Waals surface area contributed by atoms with Gasteiger partial charge in [-0.1, -0.05) is 145 Å². The van der Waals surface area contributed by atoms with Gasteiger partial charge in [-0.15, -0.1) is 0 Å². The summed E-state index contributed by atoms with van der Waals surface area (Å²) in [5.74, 6) is -0.632. The molecule has 3 aromatic rings. The Labute approximate surface area is 330 Å². The smallest absolute Gasteiger partial charge is 0.243 e. The number of aliphatic hydroxyl groups is 1. The van der Waals surface area contributed by atoms with Crippen molar-refractivity contribution < 1.29 is 29.4 Å². The molecule has 1 saturated heterocycles. The third-order valence-electron chi connectivity index (χ3n) is 10.6. The fourth-order valence-electron chi connectivity index (χ4n) is 7.29. The highest BCUT2D eigenvalue weighted by Gasteiger charge is 2.33. The number of unbranched alkanes of at least 4 members (excludes halogenated alkanes) is 10. The van der Waals surface area contributed by atoms with Gasteiger partial charge in [-0.2, -0.15) is 0 Å². The Hall–Kier alpha value is -3.60. The van der Waals surface area contributed by atoms with Gasteiger partial charge in [-0.25, -0.2) is 5.48 Å². The van der Waals surface area contributed by atoms with Crippen LogP contribution in [0.25, 0.3) is 11.1 Å². The largest absolute Gasteiger partial charge is 0.392 e. The summed E-state index contributed by atoms with van der Waals surface area (Å²) in [5.41, 5.74) is 7.63. The molecule has 4 rings (SSSR count). The first-order chi connectivity index (χ1) is 26.9. The molecular weight excluding hydrogens is 691 g/mol. The summed E-state index contributed by atoms with van der Waals surface area (Å²) in [6.07, 6.45) is 16.3. The summed E-state index contributed by atoms with van der Waals surface area (Å²) in [4.78, 5) is 26.2. The number of hydrogen-bond acceptors (Lipinski definition) is 7. The number of hydroxylamine groups is 1. The lowest BCUT2D eigenvalue weighted by Crippen LogP contribution is -2.40. The molecule has 0 aliphatic carbocycles. The molecule has 0 spiro atoms. The quantitative estimate of drug-likeness (QED) is 0.0366. The van der Waals surface area contributed by atoms with Gasteiger partial charge < -0.3 is 24.8 Å². The maximum Gasteiger partial charge on any atom is 0.243 e. The number of benzene rings is 3. The molecule has 0 saturated carbocycles. The number of hydrogen-bond donors (Lipinski definition) is 4. The highest BCUT2D eigenvalue weighted by atomic mass is 16.7. The number of carbonyl (C=O) groups is 2. The van der Waals surface area contributed by atoms with E-state index in [9.17, 15) is 14.7 Å². The summed E-state index contributed by atoms with van der Waals surface area (Å²) in [5, 5.41) is 21.2. The van der Waals surface area contributed by atoms with Crippen LogP contribution in [-0.2, 0) is 32.2 Å². The zero-order chi connectivity index (χ0) is 39.1. The number of nitrogens with zero attached hydrogens (tertiary/aromatic N) is 1. The number of aliphatic hydroxyl groups excluding tert-OH is 1. The standard InChI is InChI=1S/C46H67N3O6/c1-3-5-7-9-11-13-29-49(30-14-12-10-8-6-4-2)34-42-32-43(39-23-21-36(35-50)22-24-39)55-46(54-42)40-27-25-38(26-28-40)41-18-15-17-37(31-41)33-47-44(51)19-16-20-45(52)48-53/h15,17-18,21-28,31,42-43,46,50,53H,3-14,16,19-20,29-30,32-35H2,1-2H3,(H,47,51)(H,48,52). The zero-order valence-corrected chi connectivity index (χ0v) is 33.5. The van der Waals surface area contributed by atoms with Crippen LogP contribution in [-0.4, -0.2) is 52.8 Å². The van der Waals surface area contributed by atoms with Crippen LogP contribution in [0.2, 0.25) is 0 Å². The Morgan fingerprint density at radius 1 is 0.691 bits per heavy atom. The first-order valence-corrected chi connectivity index (χ1v) is 21.0. The summed E-state index contributed by atoms with van der Waals surface area (Å²) in [6, 6.07) is 24.6. The predicted molar refractivity (Wildman–Crippen MR) is 219 cm³/mol. The molecule has 3 aromatic carbocycles. The zero-order valence-electron chi connectivity index (χ0n) is 33.5. The molecule has 1 aliphatic heterocycles. The van der Waals surface area contributed by atoms with Crippen molar-refractivity contribution in [3.8, 4) is 11.1 Å². The van der Waals surface area contributed by atoms with E-state index in [1.54, 1.807) is 5.48 Å². The molecule has 55 heavy (non-hydrogen) atoms. The molecule has 9 heteroatoms. The fraction of sp³-hybridized carbons (Fsp3) is 0.565. The average molecular weight is 758 g/mol. The van der Waals surface area contributed by atoms with E-state index in [0.29, 0.717) is 13.0 Å². The van der Waals surface area contributed by atoms with Gasteiger partial charge in [-0.05, 0) is 66.2 Å². The minimum Gasteiger partial charge on any atom is -0.392 e. The summed E-state index contributed by atoms with van der Waals surface area (Å²) in [7, 11) is 0. The summed E-state index contributed by atoms with van der Waals surface area (Å²) < 4.78 is 13.5. The molecule has 4 N–H and O–H groups in total. The van der Waals surface area contributed by atoms with Gasteiger partial charge in [0.1, 0.15) is 0 Å². The highest BCUT2D eigenvalue weighted by Crippen LogP contribution is 2.39. The van der Waals surface area contributed by atoms with E-state index >= 15 is 0 Å². The Balaban J connectivity index is 1.43. The molecule has 0 bridgehead atoms. The van der Waals surface area contributed by atoms with Crippen LogP contribution in [0.5, 0.6) is 0 Å². The van der Waals surface area contributed by atoms with Crippen molar-refractivity contribution in [2.24, 2.45) is 0 Å². The average Bonchev–Trinajstić information content (AvgIpc) is 3.22. The van der Waals surface area contributed by atoms with Gasteiger partial charge in [0, 0.05) is 37.9 Å². The fourth-order valence-corrected chi connectivity index (χ4v) is 7.29. The van der Waals surface area contributed by atoms with Gasteiger partial charge >= 0.3 is 0 Å². The Kier molecular flexibility index (Phi) is 20.5. The van der Waals surface area contributed by atoms with E-state index in [1.165, 1.54) is 77.0 Å². The lowest BCUT2D eigenvalue weighted by Gasteiger charge is -2.38. The van der Waals surface area contributed by atoms with Gasteiger partial charge in [0.05, 0.1) is 18.8 Å². The van der Waals surface area contributed by atoms with Gasteiger partial charge in [0.15, 0.2) is 6.29 Å². The second kappa shape index (κ2) is 25.5. The molecular formula is C46H67N3O6. The van der Waals surface area contributed by atoms with E-state index in [-0.39, 0.29) is 37.6 Å². The number of nitrogens with one attached hydrogen (secondary N) is 2. The van der Waals surface area contributed by atoms with E-state index in [1.807, 2.05) is 24.3 Å². The topological polar surface area (TPSA) is 120 Å². The van der Waals surface area contributed by atoms with E-state index < -0.39 is 12.2 Å². The maximum atomic E-state index is 12.3. The van der Waals surface area contributed by atoms with Crippen molar-refractivity contribution in [1.82, 2.24) is 15.7 Å². The molecule has 0 radical (unpaired) electrons. The van der Waals surface area contributed by atoms with Crippen molar-refractivity contribution >= 4 is 11.8 Å². The molecule has 3 unspecified atom stereocenters. The van der Waals surface area contributed by atoms with Crippen LogP contribution in [0.15, 0.2) is 72.8 Å². The Bertz CT molecular complexity index is 1500. The van der Waals surface area contributed by atoms with Crippen LogP contribution in [0.1, 0.15) is 151 Å². The van der Waals surface area contributed by atoms with E-state index in [4.69, 9.17) is 14.7 Å². The molecule has 9 nitrogen and oxygen atoms in total. The normalized spacial score (nSPS) is 17.0. The molecule has 0 aromatic heterocycles. The minimum absolute atomic E-state index is 0.0138. The molecule has 302 valence electrons. The molecule has 1 fully saturated rings. The molecule has 2 amide bonds. The Morgan fingerprint density at radius 3 is 1.95 bits per heavy atom. The highest BCUT2D eigenvalue weighted by molar-refractivity contribution is 5.78. The van der Waals surface area contributed by atoms with Crippen molar-refractivity contribution in [1.29, 1.82) is 0 Å². The van der Waals surface area contributed by atoms with E-state index in [2.05, 4.69) is 72.6 Å². The van der Waals surface area contributed by atoms with Crippen molar-refractivity contribution in [2.45, 2.75) is 148 Å². The molecule has 1 heterocycles. The first kappa shape index (κ1) is 44.1. The van der Waals surface area contributed by atoms with Gasteiger partial charge in [-0.3, -0.25) is 14.8 Å². The predicted octanol–water partition coefficient (Wildman–Crippen LogP) is 9.71.